The third kappa shape index (κ3) is 3.03. The third-order valence-electron chi connectivity index (χ3n) is 5.35. The quantitative estimate of drug-likeness (QED) is 0.668. The van der Waals surface area contributed by atoms with Crippen LogP contribution in [0, 0.1) is 0 Å². The lowest BCUT2D eigenvalue weighted by Crippen LogP contribution is -2.16. The molecule has 4 nitrogen and oxygen atoms in total. The Morgan fingerprint density at radius 3 is 2.62 bits per heavy atom. The number of para-hydroxylation sites is 1. The summed E-state index contributed by atoms with van der Waals surface area (Å²) >= 11 is 0. The molecule has 0 radical (unpaired) electrons. The number of Topliss-reactive ketones (excluding diaryl/α,β-unsaturated/α-hetero) is 1. The number of H-pyrrole nitrogens is 1. The summed E-state index contributed by atoms with van der Waals surface area (Å²) in [5.41, 5.74) is 4.73. The van der Waals surface area contributed by atoms with Gasteiger partial charge < -0.3 is 10.1 Å². The van der Waals surface area contributed by atoms with Gasteiger partial charge in [-0.15, -0.1) is 0 Å². The Morgan fingerprint density at radius 2 is 1.81 bits per heavy atom. The average Bonchev–Trinajstić information content (AvgIpc) is 3.09. The largest absolute Gasteiger partial charge is 0.481 e. The van der Waals surface area contributed by atoms with Crippen LogP contribution in [0.2, 0.25) is 0 Å². The number of rotatable bonds is 5. The zero-order valence-electron chi connectivity index (χ0n) is 14.5. The van der Waals surface area contributed by atoms with E-state index in [1.165, 1.54) is 17.5 Å². The van der Waals surface area contributed by atoms with E-state index in [2.05, 4.69) is 4.98 Å². The number of carbonyl (C=O) groups is 2. The van der Waals surface area contributed by atoms with Crippen LogP contribution in [0.3, 0.4) is 0 Å². The number of nitrogens with one attached hydrogen (secondary N) is 1. The minimum absolute atomic E-state index is 0.0318. The maximum atomic E-state index is 12.8. The minimum Gasteiger partial charge on any atom is -0.481 e. The van der Waals surface area contributed by atoms with Gasteiger partial charge in [0.2, 0.25) is 0 Å². The van der Waals surface area contributed by atoms with E-state index in [0.29, 0.717) is 11.1 Å². The van der Waals surface area contributed by atoms with Crippen LogP contribution in [0.25, 0.3) is 10.9 Å². The first-order chi connectivity index (χ1) is 12.6. The highest BCUT2D eigenvalue weighted by atomic mass is 16.4. The summed E-state index contributed by atoms with van der Waals surface area (Å²) in [6.45, 7) is 0. The van der Waals surface area contributed by atoms with Crippen LogP contribution in [0.5, 0.6) is 0 Å². The molecular formula is C22H21NO3. The Labute approximate surface area is 151 Å². The summed E-state index contributed by atoms with van der Waals surface area (Å²) in [7, 11) is 0. The van der Waals surface area contributed by atoms with Gasteiger partial charge >= 0.3 is 5.97 Å². The average molecular weight is 347 g/mol. The van der Waals surface area contributed by atoms with Gasteiger partial charge in [-0.25, -0.2) is 0 Å². The molecule has 1 aliphatic rings. The van der Waals surface area contributed by atoms with E-state index in [-0.39, 0.29) is 12.2 Å². The smallest absolute Gasteiger partial charge is 0.311 e. The van der Waals surface area contributed by atoms with Crippen LogP contribution < -0.4 is 0 Å². The third-order valence-corrected chi connectivity index (χ3v) is 5.35. The van der Waals surface area contributed by atoms with Gasteiger partial charge in [0.15, 0.2) is 5.78 Å². The van der Waals surface area contributed by atoms with Gasteiger partial charge in [0, 0.05) is 29.1 Å². The predicted molar refractivity (Wildman–Crippen MR) is 101 cm³/mol. The van der Waals surface area contributed by atoms with Crippen molar-refractivity contribution >= 4 is 22.7 Å². The summed E-state index contributed by atoms with van der Waals surface area (Å²) in [4.78, 5) is 27.8. The van der Waals surface area contributed by atoms with Crippen molar-refractivity contribution in [1.82, 2.24) is 4.98 Å². The molecule has 4 heteroatoms. The summed E-state index contributed by atoms with van der Waals surface area (Å²) in [6, 6.07) is 13.4. The second-order valence-electron chi connectivity index (χ2n) is 7.00. The first-order valence-corrected chi connectivity index (χ1v) is 9.07. The number of benzene rings is 2. The van der Waals surface area contributed by atoms with Crippen molar-refractivity contribution in [3.05, 3.63) is 70.9 Å². The fourth-order valence-corrected chi connectivity index (χ4v) is 3.92. The fourth-order valence-electron chi connectivity index (χ4n) is 3.92. The number of fused-ring (bicyclic) bond motifs is 2. The van der Waals surface area contributed by atoms with Gasteiger partial charge in [0.25, 0.3) is 0 Å². The first kappa shape index (κ1) is 16.6. The number of aryl methyl sites for hydroxylation is 2. The molecule has 0 amide bonds. The van der Waals surface area contributed by atoms with E-state index in [1.807, 2.05) is 42.5 Å². The molecule has 0 bridgehead atoms. The van der Waals surface area contributed by atoms with Gasteiger partial charge in [0.05, 0.1) is 5.92 Å². The topological polar surface area (TPSA) is 70.2 Å². The number of hydrogen-bond donors (Lipinski definition) is 2. The molecule has 1 atom stereocenters. The predicted octanol–water partition coefficient (Wildman–Crippen LogP) is 4.49. The van der Waals surface area contributed by atoms with Crippen LogP contribution in [0.4, 0.5) is 0 Å². The summed E-state index contributed by atoms with van der Waals surface area (Å²) in [6.07, 6.45) is 6.09. The standard InChI is InChI=1S/C22H21NO3/c24-21(16-10-9-14-5-1-2-6-15(14)11-16)12-18(22(25)26)19-13-23-20-8-4-3-7-17(19)20/h3-4,7-11,13,18,23H,1-2,5-6,12H2,(H,25,26)/t18-/m0/s1. The van der Waals surface area contributed by atoms with Crippen LogP contribution in [0.15, 0.2) is 48.7 Å². The highest BCUT2D eigenvalue weighted by Crippen LogP contribution is 2.30. The van der Waals surface area contributed by atoms with Gasteiger partial charge in [-0.1, -0.05) is 30.3 Å². The number of aliphatic carboxylic acids is 1. The van der Waals surface area contributed by atoms with Crippen molar-refractivity contribution in [3.63, 3.8) is 0 Å². The van der Waals surface area contributed by atoms with E-state index in [9.17, 15) is 14.7 Å². The number of carboxylic acid groups (broad SMARTS) is 1. The molecule has 0 spiro atoms. The van der Waals surface area contributed by atoms with E-state index < -0.39 is 11.9 Å². The zero-order chi connectivity index (χ0) is 18.1. The minimum atomic E-state index is -0.971. The van der Waals surface area contributed by atoms with Crippen LogP contribution >= 0.6 is 0 Å². The van der Waals surface area contributed by atoms with Crippen molar-refractivity contribution < 1.29 is 14.7 Å². The molecule has 2 N–H and O–H groups in total. The SMILES string of the molecule is O=C(C[C@H](C(=O)O)c1c[nH]c2ccccc12)c1ccc2c(c1)CCCC2. The van der Waals surface area contributed by atoms with Crippen molar-refractivity contribution in [2.45, 2.75) is 38.0 Å². The molecule has 0 saturated heterocycles. The second kappa shape index (κ2) is 6.79. The Kier molecular flexibility index (Phi) is 4.33. The van der Waals surface area contributed by atoms with Gasteiger partial charge in [-0.05, 0) is 54.5 Å². The molecule has 2 aromatic carbocycles. The molecule has 3 aromatic rings. The normalized spacial score (nSPS) is 14.8. The molecule has 26 heavy (non-hydrogen) atoms. The lowest BCUT2D eigenvalue weighted by molar-refractivity contribution is -0.138. The zero-order valence-corrected chi connectivity index (χ0v) is 14.5. The first-order valence-electron chi connectivity index (χ1n) is 9.07. The van der Waals surface area contributed by atoms with Crippen LogP contribution in [-0.2, 0) is 17.6 Å². The van der Waals surface area contributed by atoms with E-state index in [1.54, 1.807) is 6.20 Å². The Bertz CT molecular complexity index is 986. The molecule has 1 aliphatic carbocycles. The molecule has 132 valence electrons. The molecule has 0 saturated carbocycles. The molecular weight excluding hydrogens is 326 g/mol. The molecule has 1 aromatic heterocycles. The maximum Gasteiger partial charge on any atom is 0.311 e. The Hall–Kier alpha value is -2.88. The van der Waals surface area contributed by atoms with Crippen molar-refractivity contribution in [2.24, 2.45) is 0 Å². The number of carbonyl (C=O) groups excluding carboxylic acids is 1. The highest BCUT2D eigenvalue weighted by molar-refractivity contribution is 6.00. The number of ketones is 1. The van der Waals surface area contributed by atoms with E-state index in [0.717, 1.165) is 30.2 Å². The van der Waals surface area contributed by atoms with Gasteiger partial charge in [0.1, 0.15) is 0 Å². The Balaban J connectivity index is 1.63. The molecule has 1 heterocycles. The number of hydrogen-bond acceptors (Lipinski definition) is 2. The fraction of sp³-hybridized carbons (Fsp3) is 0.273. The summed E-state index contributed by atoms with van der Waals surface area (Å²) in [5, 5.41) is 10.6. The van der Waals surface area contributed by atoms with E-state index in [4.69, 9.17) is 0 Å². The van der Waals surface area contributed by atoms with Crippen LogP contribution in [-0.4, -0.2) is 21.8 Å². The lowest BCUT2D eigenvalue weighted by atomic mass is 9.87. The summed E-state index contributed by atoms with van der Waals surface area (Å²) < 4.78 is 0. The molecule has 0 fully saturated rings. The van der Waals surface area contributed by atoms with E-state index >= 15 is 0 Å². The summed E-state index contributed by atoms with van der Waals surface area (Å²) in [5.74, 6) is -1.94. The number of aromatic nitrogens is 1. The number of aromatic amines is 1. The van der Waals surface area contributed by atoms with Crippen molar-refractivity contribution in [3.8, 4) is 0 Å². The van der Waals surface area contributed by atoms with Crippen molar-refractivity contribution in [1.29, 1.82) is 0 Å². The molecule has 0 aliphatic heterocycles. The Morgan fingerprint density at radius 1 is 1.04 bits per heavy atom. The highest BCUT2D eigenvalue weighted by Gasteiger charge is 2.26. The molecule has 0 unspecified atom stereocenters. The lowest BCUT2D eigenvalue weighted by Gasteiger charge is -2.17. The number of carboxylic acids is 1. The van der Waals surface area contributed by atoms with Gasteiger partial charge in [-0.3, -0.25) is 9.59 Å². The van der Waals surface area contributed by atoms with Gasteiger partial charge in [-0.2, -0.15) is 0 Å². The second-order valence-corrected chi connectivity index (χ2v) is 7.00. The van der Waals surface area contributed by atoms with Crippen molar-refractivity contribution in [2.75, 3.05) is 0 Å². The van der Waals surface area contributed by atoms with Crippen LogP contribution in [0.1, 0.15) is 52.2 Å². The monoisotopic (exact) mass is 347 g/mol. The maximum absolute atomic E-state index is 12.8. The molecule has 4 rings (SSSR count).